The van der Waals surface area contributed by atoms with Gasteiger partial charge in [-0.05, 0) is 49.8 Å². The van der Waals surface area contributed by atoms with Crippen LogP contribution >= 0.6 is 0 Å². The Kier molecular flexibility index (Phi) is 3.11. The number of fused-ring (bicyclic) bond motifs is 1. The fourth-order valence-electron chi connectivity index (χ4n) is 3.02. The molecular formula is C17H19NO. The van der Waals surface area contributed by atoms with E-state index in [-0.39, 0.29) is 0 Å². The fourth-order valence-corrected chi connectivity index (χ4v) is 3.02. The van der Waals surface area contributed by atoms with Crippen molar-refractivity contribution in [1.29, 1.82) is 0 Å². The van der Waals surface area contributed by atoms with E-state index in [1.807, 2.05) is 26.0 Å². The molecule has 1 aliphatic rings. The summed E-state index contributed by atoms with van der Waals surface area (Å²) in [5.41, 5.74) is 5.75. The topological polar surface area (TPSA) is 33.1 Å². The van der Waals surface area contributed by atoms with Crippen molar-refractivity contribution in [3.05, 3.63) is 64.5 Å². The normalized spacial score (nSPS) is 18.6. The highest BCUT2D eigenvalue weighted by atomic mass is 16.3. The zero-order valence-electron chi connectivity index (χ0n) is 11.4. The van der Waals surface area contributed by atoms with Crippen molar-refractivity contribution in [2.24, 2.45) is 0 Å². The van der Waals surface area contributed by atoms with Crippen molar-refractivity contribution in [3.8, 4) is 0 Å². The van der Waals surface area contributed by atoms with E-state index in [1.165, 1.54) is 11.1 Å². The van der Waals surface area contributed by atoms with Crippen LogP contribution in [0, 0.1) is 13.8 Å². The second-order valence-electron chi connectivity index (χ2n) is 5.48. The Morgan fingerprint density at radius 2 is 2.00 bits per heavy atom. The first-order valence-electron chi connectivity index (χ1n) is 6.85. The molecule has 2 atom stereocenters. The molecule has 0 saturated heterocycles. The molecule has 2 heteroatoms. The van der Waals surface area contributed by atoms with Gasteiger partial charge in [0.05, 0.1) is 6.10 Å². The standard InChI is InChI=1S/C17H19NO/c1-11-7-8-15(12(2)18-11)17(19)10-14-9-13-5-3-4-6-16(13)14/h3-8,14,17,19H,9-10H2,1-2H3. The van der Waals surface area contributed by atoms with E-state index < -0.39 is 6.10 Å². The number of aliphatic hydroxyl groups is 1. The molecule has 1 aromatic heterocycles. The number of nitrogens with zero attached hydrogens (tertiary/aromatic N) is 1. The molecule has 1 N–H and O–H groups in total. The summed E-state index contributed by atoms with van der Waals surface area (Å²) in [7, 11) is 0. The van der Waals surface area contributed by atoms with Gasteiger partial charge in [-0.1, -0.05) is 30.3 Å². The lowest BCUT2D eigenvalue weighted by Gasteiger charge is -2.32. The van der Waals surface area contributed by atoms with E-state index in [9.17, 15) is 5.11 Å². The second-order valence-corrected chi connectivity index (χ2v) is 5.48. The minimum Gasteiger partial charge on any atom is -0.388 e. The predicted molar refractivity (Wildman–Crippen MR) is 76.2 cm³/mol. The van der Waals surface area contributed by atoms with E-state index in [2.05, 4.69) is 29.2 Å². The van der Waals surface area contributed by atoms with Crippen molar-refractivity contribution < 1.29 is 5.11 Å². The molecule has 0 saturated carbocycles. The lowest BCUT2D eigenvalue weighted by atomic mass is 9.74. The zero-order valence-corrected chi connectivity index (χ0v) is 11.4. The summed E-state index contributed by atoms with van der Waals surface area (Å²) in [5.74, 6) is 0.493. The lowest BCUT2D eigenvalue weighted by molar-refractivity contribution is 0.152. The average molecular weight is 253 g/mol. The molecule has 2 unspecified atom stereocenters. The maximum absolute atomic E-state index is 10.4. The molecule has 3 rings (SSSR count). The van der Waals surface area contributed by atoms with E-state index in [0.717, 1.165) is 29.8 Å². The molecular weight excluding hydrogens is 234 g/mol. The van der Waals surface area contributed by atoms with Gasteiger partial charge in [0.15, 0.2) is 0 Å². The summed E-state index contributed by atoms with van der Waals surface area (Å²) >= 11 is 0. The third-order valence-electron chi connectivity index (χ3n) is 4.09. The number of hydrogen-bond donors (Lipinski definition) is 1. The van der Waals surface area contributed by atoms with E-state index in [0.29, 0.717) is 5.92 Å². The Morgan fingerprint density at radius 1 is 1.21 bits per heavy atom. The Hall–Kier alpha value is -1.67. The Bertz CT molecular complexity index is 606. The second kappa shape index (κ2) is 4.78. The summed E-state index contributed by atoms with van der Waals surface area (Å²) in [6, 6.07) is 12.5. The van der Waals surface area contributed by atoms with Crippen molar-refractivity contribution in [2.75, 3.05) is 0 Å². The van der Waals surface area contributed by atoms with Gasteiger partial charge in [0, 0.05) is 17.0 Å². The molecule has 0 spiro atoms. The summed E-state index contributed by atoms with van der Waals surface area (Å²) in [6.07, 6.45) is 1.47. The summed E-state index contributed by atoms with van der Waals surface area (Å²) in [4.78, 5) is 4.43. The van der Waals surface area contributed by atoms with Crippen LogP contribution in [0.15, 0.2) is 36.4 Å². The number of rotatable bonds is 3. The predicted octanol–water partition coefficient (Wildman–Crippen LogP) is 3.46. The number of pyridine rings is 1. The van der Waals surface area contributed by atoms with Crippen LogP contribution in [0.5, 0.6) is 0 Å². The van der Waals surface area contributed by atoms with Crippen molar-refractivity contribution in [1.82, 2.24) is 4.98 Å². The van der Waals surface area contributed by atoms with E-state index >= 15 is 0 Å². The molecule has 2 aromatic rings. The molecule has 1 heterocycles. The van der Waals surface area contributed by atoms with Gasteiger partial charge in [-0.25, -0.2) is 0 Å². The number of aryl methyl sites for hydroxylation is 2. The van der Waals surface area contributed by atoms with E-state index in [4.69, 9.17) is 0 Å². The molecule has 1 aliphatic carbocycles. The number of benzene rings is 1. The van der Waals surface area contributed by atoms with Gasteiger partial charge in [-0.15, -0.1) is 0 Å². The first kappa shape index (κ1) is 12.4. The van der Waals surface area contributed by atoms with Gasteiger partial charge in [-0.3, -0.25) is 4.98 Å². The van der Waals surface area contributed by atoms with Crippen molar-refractivity contribution >= 4 is 0 Å². The van der Waals surface area contributed by atoms with Gasteiger partial charge in [0.25, 0.3) is 0 Å². The van der Waals surface area contributed by atoms with Gasteiger partial charge >= 0.3 is 0 Å². The van der Waals surface area contributed by atoms with E-state index in [1.54, 1.807) is 0 Å². The summed E-state index contributed by atoms with van der Waals surface area (Å²) in [5, 5.41) is 10.4. The van der Waals surface area contributed by atoms with Crippen LogP contribution in [0.2, 0.25) is 0 Å². The summed E-state index contributed by atoms with van der Waals surface area (Å²) < 4.78 is 0. The van der Waals surface area contributed by atoms with Crippen LogP contribution in [0.3, 0.4) is 0 Å². The van der Waals surface area contributed by atoms with Crippen molar-refractivity contribution in [3.63, 3.8) is 0 Å². The molecule has 1 aromatic carbocycles. The first-order valence-corrected chi connectivity index (χ1v) is 6.85. The minimum absolute atomic E-state index is 0.411. The zero-order chi connectivity index (χ0) is 13.4. The summed E-state index contributed by atoms with van der Waals surface area (Å²) in [6.45, 7) is 3.95. The van der Waals surface area contributed by atoms with Crippen LogP contribution in [0.25, 0.3) is 0 Å². The van der Waals surface area contributed by atoms with Crippen LogP contribution in [0.4, 0.5) is 0 Å². The Balaban J connectivity index is 1.75. The quantitative estimate of drug-likeness (QED) is 0.908. The van der Waals surface area contributed by atoms with Crippen LogP contribution in [0.1, 0.15) is 46.5 Å². The minimum atomic E-state index is -0.411. The maximum Gasteiger partial charge on any atom is 0.0813 e. The molecule has 19 heavy (non-hydrogen) atoms. The maximum atomic E-state index is 10.4. The lowest BCUT2D eigenvalue weighted by Crippen LogP contribution is -2.19. The SMILES string of the molecule is Cc1ccc(C(O)CC2Cc3ccccc32)c(C)n1. The highest BCUT2D eigenvalue weighted by molar-refractivity contribution is 5.40. The molecule has 2 nitrogen and oxygen atoms in total. The van der Waals surface area contributed by atoms with Crippen molar-refractivity contribution in [2.45, 2.75) is 38.7 Å². The third-order valence-corrected chi connectivity index (χ3v) is 4.09. The average Bonchev–Trinajstić information content (AvgIpc) is 2.35. The van der Waals surface area contributed by atoms with Crippen LogP contribution < -0.4 is 0 Å². The van der Waals surface area contributed by atoms with Gasteiger partial charge in [-0.2, -0.15) is 0 Å². The Morgan fingerprint density at radius 3 is 2.74 bits per heavy atom. The molecule has 0 amide bonds. The number of aliphatic hydroxyl groups excluding tert-OH is 1. The monoisotopic (exact) mass is 253 g/mol. The number of aromatic nitrogens is 1. The molecule has 0 bridgehead atoms. The molecule has 0 aliphatic heterocycles. The number of hydrogen-bond acceptors (Lipinski definition) is 2. The highest BCUT2D eigenvalue weighted by Crippen LogP contribution is 2.40. The molecule has 98 valence electrons. The van der Waals surface area contributed by atoms with Crippen LogP contribution in [-0.4, -0.2) is 10.1 Å². The Labute approximate surface area is 114 Å². The highest BCUT2D eigenvalue weighted by Gasteiger charge is 2.28. The third kappa shape index (κ3) is 2.28. The first-order chi connectivity index (χ1) is 9.15. The molecule has 0 radical (unpaired) electrons. The molecule has 0 fully saturated rings. The van der Waals surface area contributed by atoms with Gasteiger partial charge < -0.3 is 5.11 Å². The largest absolute Gasteiger partial charge is 0.388 e. The van der Waals surface area contributed by atoms with Gasteiger partial charge in [0.2, 0.25) is 0 Å². The smallest absolute Gasteiger partial charge is 0.0813 e. The van der Waals surface area contributed by atoms with Crippen LogP contribution in [-0.2, 0) is 6.42 Å². The van der Waals surface area contributed by atoms with Gasteiger partial charge in [0.1, 0.15) is 0 Å². The fraction of sp³-hybridized carbons (Fsp3) is 0.353.